The molecule has 0 atom stereocenters. The van der Waals surface area contributed by atoms with Gasteiger partial charge < -0.3 is 15.0 Å². The molecule has 1 heterocycles. The first-order valence-corrected chi connectivity index (χ1v) is 6.61. The third-order valence-electron chi connectivity index (χ3n) is 3.19. The highest BCUT2D eigenvalue weighted by Gasteiger charge is 2.26. The normalized spacial score (nSPS) is 14.4. The van der Waals surface area contributed by atoms with Crippen molar-refractivity contribution in [2.45, 2.75) is 26.2 Å². The average Bonchev–Trinajstić information content (AvgIpc) is 3.21. The number of rotatable bonds is 7. The maximum Gasteiger partial charge on any atom is 0.204 e. The minimum atomic E-state index is 0.745. The van der Waals surface area contributed by atoms with E-state index in [4.69, 9.17) is 4.74 Å². The molecule has 1 aliphatic rings. The van der Waals surface area contributed by atoms with Gasteiger partial charge in [-0.3, -0.25) is 0 Å². The Labute approximate surface area is 109 Å². The van der Waals surface area contributed by atoms with E-state index >= 15 is 0 Å². The summed E-state index contributed by atoms with van der Waals surface area (Å²) in [5.41, 5.74) is 0. The lowest BCUT2D eigenvalue weighted by Crippen LogP contribution is -2.28. The minimum absolute atomic E-state index is 0.745. The summed E-state index contributed by atoms with van der Waals surface area (Å²) in [7, 11) is 3.52. The van der Waals surface area contributed by atoms with Crippen molar-refractivity contribution in [2.24, 2.45) is 5.92 Å². The Morgan fingerprint density at radius 2 is 2.22 bits per heavy atom. The van der Waals surface area contributed by atoms with E-state index < -0.39 is 0 Å². The molecule has 18 heavy (non-hydrogen) atoms. The van der Waals surface area contributed by atoms with E-state index in [1.807, 2.05) is 7.05 Å². The van der Waals surface area contributed by atoms with Gasteiger partial charge in [-0.15, -0.1) is 0 Å². The molecule has 0 spiro atoms. The molecule has 100 valence electrons. The lowest BCUT2D eigenvalue weighted by atomic mass is 10.3. The second-order valence-electron chi connectivity index (χ2n) is 4.72. The van der Waals surface area contributed by atoms with Gasteiger partial charge in [0.1, 0.15) is 6.33 Å². The van der Waals surface area contributed by atoms with E-state index in [1.54, 1.807) is 13.4 Å². The van der Waals surface area contributed by atoms with Gasteiger partial charge in [-0.05, 0) is 25.2 Å². The zero-order valence-corrected chi connectivity index (χ0v) is 11.4. The first-order valence-electron chi connectivity index (χ1n) is 6.61. The minimum Gasteiger partial charge on any atom is -0.490 e. The Hall–Kier alpha value is -1.52. The van der Waals surface area contributed by atoms with Crippen LogP contribution in [0.15, 0.2) is 6.33 Å². The molecule has 1 aromatic heterocycles. The number of nitrogens with one attached hydrogen (secondary N) is 1. The van der Waals surface area contributed by atoms with Crippen LogP contribution in [0.5, 0.6) is 5.75 Å². The predicted molar refractivity (Wildman–Crippen MR) is 73.4 cm³/mol. The van der Waals surface area contributed by atoms with E-state index in [9.17, 15) is 0 Å². The van der Waals surface area contributed by atoms with Crippen LogP contribution in [0, 0.1) is 5.92 Å². The van der Waals surface area contributed by atoms with E-state index in [0.29, 0.717) is 0 Å². The Morgan fingerprint density at radius 1 is 1.44 bits per heavy atom. The molecule has 1 aromatic rings. The quantitative estimate of drug-likeness (QED) is 0.803. The molecular formula is C13H22N4O. The van der Waals surface area contributed by atoms with Gasteiger partial charge in [-0.1, -0.05) is 6.92 Å². The molecule has 2 rings (SSSR count). The maximum absolute atomic E-state index is 5.47. The number of hydrogen-bond donors (Lipinski definition) is 1. The Morgan fingerprint density at radius 3 is 2.78 bits per heavy atom. The molecule has 0 unspecified atom stereocenters. The second kappa shape index (κ2) is 5.89. The van der Waals surface area contributed by atoms with Gasteiger partial charge in [0.05, 0.1) is 7.11 Å². The van der Waals surface area contributed by atoms with Crippen molar-refractivity contribution in [1.29, 1.82) is 0 Å². The molecule has 5 heteroatoms. The summed E-state index contributed by atoms with van der Waals surface area (Å²) in [5, 5.41) is 3.05. The summed E-state index contributed by atoms with van der Waals surface area (Å²) in [5.74, 6) is 3.23. The fraction of sp³-hybridized carbons (Fsp3) is 0.692. The second-order valence-corrected chi connectivity index (χ2v) is 4.72. The van der Waals surface area contributed by atoms with Crippen molar-refractivity contribution in [1.82, 2.24) is 9.97 Å². The van der Waals surface area contributed by atoms with Crippen LogP contribution < -0.4 is 15.0 Å². The van der Waals surface area contributed by atoms with E-state index in [-0.39, 0.29) is 0 Å². The molecule has 1 aliphatic carbocycles. The predicted octanol–water partition coefficient (Wildman–Crippen LogP) is 2.15. The van der Waals surface area contributed by atoms with E-state index in [0.717, 1.165) is 42.8 Å². The van der Waals surface area contributed by atoms with Gasteiger partial charge >= 0.3 is 0 Å². The van der Waals surface area contributed by atoms with Crippen LogP contribution in [0.1, 0.15) is 26.2 Å². The fourth-order valence-electron chi connectivity index (χ4n) is 2.12. The van der Waals surface area contributed by atoms with Crippen molar-refractivity contribution >= 4 is 11.6 Å². The molecule has 0 saturated heterocycles. The SMILES string of the molecule is CCCN(CC1CC1)c1ncnc(NC)c1OC. The standard InChI is InChI=1S/C13H22N4O/c1-4-7-17(8-10-5-6-10)13-11(18-3)12(14-2)15-9-16-13/h9-10H,4-8H2,1-3H3,(H,14,15,16). The molecule has 1 fully saturated rings. The molecular weight excluding hydrogens is 228 g/mol. The molecule has 0 bridgehead atoms. The van der Waals surface area contributed by atoms with Gasteiger partial charge in [0, 0.05) is 20.1 Å². The van der Waals surface area contributed by atoms with Crippen molar-refractivity contribution in [3.8, 4) is 5.75 Å². The molecule has 0 amide bonds. The smallest absolute Gasteiger partial charge is 0.204 e. The molecule has 5 nitrogen and oxygen atoms in total. The van der Waals surface area contributed by atoms with Crippen molar-refractivity contribution in [3.63, 3.8) is 0 Å². The van der Waals surface area contributed by atoms with Gasteiger partial charge in [-0.25, -0.2) is 9.97 Å². The molecule has 1 N–H and O–H groups in total. The Bertz CT molecular complexity index is 393. The highest BCUT2D eigenvalue weighted by molar-refractivity contribution is 5.64. The van der Waals surface area contributed by atoms with Crippen LogP contribution in [0.4, 0.5) is 11.6 Å². The first kappa shape index (κ1) is 12.9. The number of ether oxygens (including phenoxy) is 1. The summed E-state index contributed by atoms with van der Waals surface area (Å²) in [6.07, 6.45) is 5.38. The van der Waals surface area contributed by atoms with Crippen molar-refractivity contribution < 1.29 is 4.74 Å². The van der Waals surface area contributed by atoms with Crippen LogP contribution >= 0.6 is 0 Å². The largest absolute Gasteiger partial charge is 0.490 e. The zero-order chi connectivity index (χ0) is 13.0. The topological polar surface area (TPSA) is 50.3 Å². The molecule has 0 aliphatic heterocycles. The number of nitrogens with zero attached hydrogens (tertiary/aromatic N) is 3. The van der Waals surface area contributed by atoms with Crippen LogP contribution in [-0.4, -0.2) is 37.2 Å². The van der Waals surface area contributed by atoms with Gasteiger partial charge in [0.25, 0.3) is 0 Å². The molecule has 0 radical (unpaired) electrons. The van der Waals surface area contributed by atoms with Crippen molar-refractivity contribution in [3.05, 3.63) is 6.33 Å². The van der Waals surface area contributed by atoms with Crippen LogP contribution in [0.25, 0.3) is 0 Å². The number of aromatic nitrogens is 2. The third-order valence-corrected chi connectivity index (χ3v) is 3.19. The summed E-state index contributed by atoms with van der Waals surface area (Å²) >= 11 is 0. The van der Waals surface area contributed by atoms with Gasteiger partial charge in [-0.2, -0.15) is 0 Å². The lowest BCUT2D eigenvalue weighted by Gasteiger charge is -2.25. The van der Waals surface area contributed by atoms with Crippen LogP contribution in [-0.2, 0) is 0 Å². The number of anilines is 2. The first-order chi connectivity index (χ1) is 8.80. The summed E-state index contributed by atoms with van der Waals surface area (Å²) < 4.78 is 5.47. The third kappa shape index (κ3) is 2.83. The highest BCUT2D eigenvalue weighted by atomic mass is 16.5. The van der Waals surface area contributed by atoms with Gasteiger partial charge in [0.15, 0.2) is 11.6 Å². The zero-order valence-electron chi connectivity index (χ0n) is 11.4. The number of hydrogen-bond acceptors (Lipinski definition) is 5. The van der Waals surface area contributed by atoms with E-state index in [2.05, 4.69) is 27.1 Å². The lowest BCUT2D eigenvalue weighted by molar-refractivity contribution is 0.412. The number of methoxy groups -OCH3 is 1. The molecule has 0 aromatic carbocycles. The summed E-state index contributed by atoms with van der Waals surface area (Å²) in [6, 6.07) is 0. The monoisotopic (exact) mass is 250 g/mol. The van der Waals surface area contributed by atoms with Crippen LogP contribution in [0.2, 0.25) is 0 Å². The maximum atomic E-state index is 5.47. The van der Waals surface area contributed by atoms with Gasteiger partial charge in [0.2, 0.25) is 5.75 Å². The summed E-state index contributed by atoms with van der Waals surface area (Å²) in [4.78, 5) is 10.9. The Kier molecular flexibility index (Phi) is 4.23. The van der Waals surface area contributed by atoms with E-state index in [1.165, 1.54) is 12.8 Å². The average molecular weight is 250 g/mol. The highest BCUT2D eigenvalue weighted by Crippen LogP contribution is 2.36. The fourth-order valence-corrected chi connectivity index (χ4v) is 2.12. The summed E-state index contributed by atoms with van der Waals surface area (Å²) in [6.45, 7) is 4.27. The van der Waals surface area contributed by atoms with Crippen LogP contribution in [0.3, 0.4) is 0 Å². The Balaban J connectivity index is 2.26. The van der Waals surface area contributed by atoms with Crippen molar-refractivity contribution in [2.75, 3.05) is 37.5 Å². The molecule has 1 saturated carbocycles.